The Bertz CT molecular complexity index is 1590. The molecule has 2 aromatic carbocycles. The normalized spacial score (nSPS) is 22.6. The van der Waals surface area contributed by atoms with Gasteiger partial charge in [-0.25, -0.2) is 9.59 Å². The highest BCUT2D eigenvalue weighted by Crippen LogP contribution is 2.72. The number of methoxy groups -OCH3 is 2. The largest absolute Gasteiger partial charge is 0.496 e. The van der Waals surface area contributed by atoms with Crippen molar-refractivity contribution in [3.63, 3.8) is 0 Å². The van der Waals surface area contributed by atoms with Crippen molar-refractivity contribution in [1.29, 1.82) is 0 Å². The van der Waals surface area contributed by atoms with E-state index in [9.17, 15) is 9.59 Å². The third kappa shape index (κ3) is 3.09. The first-order chi connectivity index (χ1) is 18.6. The Morgan fingerprint density at radius 1 is 0.789 bits per heavy atom. The molecule has 0 saturated heterocycles. The fourth-order valence-electron chi connectivity index (χ4n) is 6.85. The maximum Gasteiger partial charge on any atom is 0.342 e. The van der Waals surface area contributed by atoms with Crippen molar-refractivity contribution < 1.29 is 37.4 Å². The molecule has 8 nitrogen and oxygen atoms in total. The number of hydrogen-bond acceptors (Lipinski definition) is 8. The Hall–Kier alpha value is -4.46. The average molecular weight is 513 g/mol. The van der Waals surface area contributed by atoms with Gasteiger partial charge in [-0.2, -0.15) is 0 Å². The molecule has 8 heteroatoms. The summed E-state index contributed by atoms with van der Waals surface area (Å²) in [6.07, 6.45) is 3.71. The van der Waals surface area contributed by atoms with Crippen LogP contribution in [0.3, 0.4) is 0 Å². The number of ether oxygens (including phenoxy) is 4. The predicted octanol–water partition coefficient (Wildman–Crippen LogP) is 5.52. The third-order valence-electron chi connectivity index (χ3n) is 8.12. The Morgan fingerprint density at radius 3 is 1.95 bits per heavy atom. The highest BCUT2D eigenvalue weighted by atomic mass is 16.6. The zero-order valence-electron chi connectivity index (χ0n) is 20.8. The number of benzene rings is 2. The van der Waals surface area contributed by atoms with Gasteiger partial charge in [-0.15, -0.1) is 0 Å². The molecule has 2 bridgehead atoms. The van der Waals surface area contributed by atoms with E-state index in [1.165, 1.54) is 12.5 Å². The molecule has 0 radical (unpaired) electrons. The fraction of sp³-hybridized carbons (Fsp3) is 0.267. The fourth-order valence-corrected chi connectivity index (χ4v) is 6.85. The van der Waals surface area contributed by atoms with Crippen LogP contribution in [-0.4, -0.2) is 26.2 Å². The molecule has 0 N–H and O–H groups in total. The van der Waals surface area contributed by atoms with E-state index in [2.05, 4.69) is 0 Å². The average Bonchev–Trinajstić information content (AvgIpc) is 3.71. The quantitative estimate of drug-likeness (QED) is 0.299. The van der Waals surface area contributed by atoms with Crippen LogP contribution >= 0.6 is 0 Å². The number of hydrogen-bond donors (Lipinski definition) is 0. The molecule has 0 aliphatic heterocycles. The second-order valence-corrected chi connectivity index (χ2v) is 9.74. The van der Waals surface area contributed by atoms with Gasteiger partial charge >= 0.3 is 11.9 Å². The first-order valence-electron chi connectivity index (χ1n) is 12.5. The molecule has 3 aliphatic rings. The number of carbonyl (C=O) groups excluding carboxylic acids is 2. The summed E-state index contributed by atoms with van der Waals surface area (Å²) in [6, 6.07) is 14.6. The minimum atomic E-state index is -0.605. The van der Waals surface area contributed by atoms with Crippen molar-refractivity contribution in [2.24, 2.45) is 11.8 Å². The number of furan rings is 2. The van der Waals surface area contributed by atoms with Gasteiger partial charge in [-0.3, -0.25) is 0 Å². The molecule has 1 saturated carbocycles. The van der Waals surface area contributed by atoms with E-state index >= 15 is 0 Å². The van der Waals surface area contributed by atoms with Crippen LogP contribution in [0.1, 0.15) is 35.1 Å². The van der Waals surface area contributed by atoms with Crippen molar-refractivity contribution in [2.45, 2.75) is 24.9 Å². The molecule has 0 unspecified atom stereocenters. The topological polar surface area (TPSA) is 97.3 Å². The molecule has 2 aromatic heterocycles. The molecule has 192 valence electrons. The molecule has 2 heterocycles. The van der Waals surface area contributed by atoms with E-state index in [0.717, 1.165) is 39.8 Å². The van der Waals surface area contributed by atoms with E-state index in [4.69, 9.17) is 27.8 Å². The van der Waals surface area contributed by atoms with Crippen molar-refractivity contribution >= 4 is 22.7 Å². The van der Waals surface area contributed by atoms with Gasteiger partial charge in [-0.1, -0.05) is 24.3 Å². The van der Waals surface area contributed by atoms with Crippen molar-refractivity contribution in [2.75, 3.05) is 14.2 Å². The van der Waals surface area contributed by atoms with Gasteiger partial charge in [0.05, 0.1) is 37.9 Å². The van der Waals surface area contributed by atoms with Gasteiger partial charge < -0.3 is 27.8 Å². The van der Waals surface area contributed by atoms with Crippen LogP contribution in [0, 0.1) is 11.8 Å². The van der Waals surface area contributed by atoms with Crippen LogP contribution in [-0.2, 0) is 20.9 Å². The third-order valence-corrected chi connectivity index (χ3v) is 8.12. The Kier molecular flexibility index (Phi) is 5.11. The van der Waals surface area contributed by atoms with Crippen LogP contribution in [0.5, 0.6) is 17.4 Å². The van der Waals surface area contributed by atoms with E-state index < -0.39 is 11.9 Å². The van der Waals surface area contributed by atoms with Crippen LogP contribution < -0.4 is 14.2 Å². The summed E-state index contributed by atoms with van der Waals surface area (Å²) in [7, 11) is 3.33. The second-order valence-electron chi connectivity index (χ2n) is 9.74. The first-order valence-corrected chi connectivity index (χ1v) is 12.5. The zero-order valence-corrected chi connectivity index (χ0v) is 20.8. The molecule has 4 atom stereocenters. The minimum Gasteiger partial charge on any atom is -0.496 e. The van der Waals surface area contributed by atoms with Gasteiger partial charge in [-0.05, 0) is 36.5 Å². The molecule has 3 aliphatic carbocycles. The predicted molar refractivity (Wildman–Crippen MR) is 134 cm³/mol. The van der Waals surface area contributed by atoms with Gasteiger partial charge in [0.15, 0.2) is 0 Å². The minimum absolute atomic E-state index is 0.0280. The van der Waals surface area contributed by atoms with Gasteiger partial charge in [0, 0.05) is 39.8 Å². The lowest BCUT2D eigenvalue weighted by Crippen LogP contribution is -2.43. The van der Waals surface area contributed by atoms with Crippen molar-refractivity contribution in [3.8, 4) is 17.4 Å². The SMILES string of the molecule is COc1c2c(c(OC)c3ccccc13)[C@@H]1C[C@H]2[C@H]2C(C(=O)OCc3ccco3)=C(C(=O)Oc3ccco3)[C@H]21. The van der Waals surface area contributed by atoms with Gasteiger partial charge in [0.25, 0.3) is 5.95 Å². The lowest BCUT2D eigenvalue weighted by molar-refractivity contribution is -0.144. The summed E-state index contributed by atoms with van der Waals surface area (Å²) in [4.78, 5) is 26.9. The molecule has 4 aromatic rings. The van der Waals surface area contributed by atoms with Crippen LogP contribution in [0.15, 0.2) is 81.0 Å². The Balaban J connectivity index is 1.33. The summed E-state index contributed by atoms with van der Waals surface area (Å²) < 4.78 is 33.6. The first kappa shape index (κ1) is 22.7. The lowest BCUT2D eigenvalue weighted by Gasteiger charge is -2.43. The zero-order chi connectivity index (χ0) is 26.0. The standard InChI is InChI=1S/C30H24O8/c1-33-27-16-8-3-4-9-17(16)28(34-2)24-19-13-18(23(24)27)21-22(19)26(30(32)38-20-10-6-12-36-20)25(21)29(31)37-14-15-7-5-11-35-15/h3-12,18-19,21-22H,13-14H2,1-2H3/t18-,19+,21+,22-/m0/s1. The summed E-state index contributed by atoms with van der Waals surface area (Å²) in [5.74, 6) is 0.549. The van der Waals surface area contributed by atoms with Crippen molar-refractivity contribution in [1.82, 2.24) is 0 Å². The smallest absolute Gasteiger partial charge is 0.342 e. The number of carbonyl (C=O) groups is 2. The molecule has 7 rings (SSSR count). The lowest BCUT2D eigenvalue weighted by atomic mass is 9.59. The van der Waals surface area contributed by atoms with E-state index in [0.29, 0.717) is 16.9 Å². The summed E-state index contributed by atoms with van der Waals surface area (Å²) >= 11 is 0. The number of fused-ring (bicyclic) bond motifs is 9. The molecule has 1 fully saturated rings. The summed E-state index contributed by atoms with van der Waals surface area (Å²) in [5, 5.41) is 1.91. The molecule has 0 amide bonds. The van der Waals surface area contributed by atoms with E-state index in [-0.39, 0.29) is 36.2 Å². The highest BCUT2D eigenvalue weighted by molar-refractivity contribution is 6.06. The highest BCUT2D eigenvalue weighted by Gasteiger charge is 2.64. The maximum atomic E-state index is 13.4. The molecular weight excluding hydrogens is 488 g/mol. The number of rotatable bonds is 7. The van der Waals surface area contributed by atoms with Crippen LogP contribution in [0.2, 0.25) is 0 Å². The molecule has 38 heavy (non-hydrogen) atoms. The van der Waals surface area contributed by atoms with Gasteiger partial charge in [0.1, 0.15) is 23.9 Å². The van der Waals surface area contributed by atoms with Crippen LogP contribution in [0.4, 0.5) is 0 Å². The second kappa shape index (κ2) is 8.55. The van der Waals surface area contributed by atoms with Crippen molar-refractivity contribution in [3.05, 3.63) is 89.1 Å². The van der Waals surface area contributed by atoms with Gasteiger partial charge in [0.2, 0.25) is 0 Å². The Morgan fingerprint density at radius 2 is 1.39 bits per heavy atom. The number of esters is 2. The van der Waals surface area contributed by atoms with E-state index in [1.54, 1.807) is 38.5 Å². The molecular formula is C30H24O8. The van der Waals surface area contributed by atoms with E-state index in [1.807, 2.05) is 24.3 Å². The van der Waals surface area contributed by atoms with Crippen LogP contribution in [0.25, 0.3) is 10.8 Å². The molecule has 0 spiro atoms. The summed E-state index contributed by atoms with van der Waals surface area (Å²) in [6.45, 7) is -0.0281. The maximum absolute atomic E-state index is 13.4. The monoisotopic (exact) mass is 512 g/mol. The summed E-state index contributed by atoms with van der Waals surface area (Å²) in [5.41, 5.74) is 2.78. The Labute approximate surface area is 217 Å².